The maximum absolute atomic E-state index is 12.9. The molecule has 1 saturated heterocycles. The number of carboxylic acid groups (broad SMARTS) is 1. The number of nitrogens with zero attached hydrogens (tertiary/aromatic N) is 1. The highest BCUT2D eigenvalue weighted by Gasteiger charge is 2.26. The van der Waals surface area contributed by atoms with Gasteiger partial charge in [0, 0.05) is 25.1 Å². The van der Waals surface area contributed by atoms with Gasteiger partial charge in [-0.2, -0.15) is 0 Å². The van der Waals surface area contributed by atoms with Crippen LogP contribution in [-0.2, 0) is 4.79 Å². The molecule has 0 aliphatic carbocycles. The van der Waals surface area contributed by atoms with Crippen LogP contribution in [0.1, 0.15) is 49.9 Å². The van der Waals surface area contributed by atoms with E-state index in [-0.39, 0.29) is 18.2 Å². The van der Waals surface area contributed by atoms with Crippen LogP contribution in [-0.4, -0.2) is 48.7 Å². The highest BCUT2D eigenvalue weighted by molar-refractivity contribution is 6.32. The van der Waals surface area contributed by atoms with E-state index in [2.05, 4.69) is 0 Å². The summed E-state index contributed by atoms with van der Waals surface area (Å²) in [6.45, 7) is 5.80. The first-order valence-corrected chi connectivity index (χ1v) is 9.71. The number of carbonyl (C=O) groups is 2. The van der Waals surface area contributed by atoms with Crippen LogP contribution in [0.5, 0.6) is 11.5 Å². The minimum atomic E-state index is -0.799. The summed E-state index contributed by atoms with van der Waals surface area (Å²) >= 11 is 6.35. The van der Waals surface area contributed by atoms with Crippen LogP contribution < -0.4 is 9.47 Å². The van der Waals surface area contributed by atoms with Crippen molar-refractivity contribution in [1.29, 1.82) is 0 Å². The Balaban J connectivity index is 2.13. The number of rotatable bonds is 8. The Bertz CT molecular complexity index is 677. The lowest BCUT2D eigenvalue weighted by Crippen LogP contribution is -2.40. The van der Waals surface area contributed by atoms with Gasteiger partial charge in [0.15, 0.2) is 11.5 Å². The number of hydrogen-bond donors (Lipinski definition) is 1. The maximum atomic E-state index is 12.9. The SMILES string of the molecule is COc1cc(C(=O)N2CCCC(CCC(=O)O)C2)cc(Cl)c1OCC(C)C. The van der Waals surface area contributed by atoms with Crippen LogP contribution in [0.15, 0.2) is 12.1 Å². The van der Waals surface area contributed by atoms with Crippen LogP contribution in [0.25, 0.3) is 0 Å². The van der Waals surface area contributed by atoms with E-state index in [9.17, 15) is 9.59 Å². The summed E-state index contributed by atoms with van der Waals surface area (Å²) in [7, 11) is 1.52. The Labute approximate surface area is 165 Å². The molecular formula is C20H28ClNO5. The first-order valence-electron chi connectivity index (χ1n) is 9.33. The third kappa shape index (κ3) is 6.03. The average molecular weight is 398 g/mol. The quantitative estimate of drug-likeness (QED) is 0.714. The number of halogens is 1. The molecule has 0 spiro atoms. The first kappa shape index (κ1) is 21.4. The lowest BCUT2D eigenvalue weighted by molar-refractivity contribution is -0.137. The molecule has 150 valence electrons. The summed E-state index contributed by atoms with van der Waals surface area (Å²) in [6.07, 6.45) is 2.54. The molecule has 1 heterocycles. The number of methoxy groups -OCH3 is 1. The van der Waals surface area contributed by atoms with Crippen molar-refractivity contribution in [3.8, 4) is 11.5 Å². The number of aliphatic carboxylic acids is 1. The Morgan fingerprint density at radius 2 is 2.11 bits per heavy atom. The van der Waals surface area contributed by atoms with E-state index in [0.717, 1.165) is 12.8 Å². The summed E-state index contributed by atoms with van der Waals surface area (Å²) in [5.74, 6) is 0.513. The van der Waals surface area contributed by atoms with Crippen molar-refractivity contribution in [2.45, 2.75) is 39.5 Å². The Morgan fingerprint density at radius 1 is 1.37 bits per heavy atom. The van der Waals surface area contributed by atoms with Crippen molar-refractivity contribution in [2.24, 2.45) is 11.8 Å². The Morgan fingerprint density at radius 3 is 2.74 bits per heavy atom. The van der Waals surface area contributed by atoms with Crippen LogP contribution in [0.3, 0.4) is 0 Å². The summed E-state index contributed by atoms with van der Waals surface area (Å²) in [6, 6.07) is 3.27. The van der Waals surface area contributed by atoms with Crippen molar-refractivity contribution in [2.75, 3.05) is 26.8 Å². The molecule has 1 amide bonds. The fourth-order valence-electron chi connectivity index (χ4n) is 3.23. The third-order valence-corrected chi connectivity index (χ3v) is 4.89. The van der Waals surface area contributed by atoms with Gasteiger partial charge in [-0.3, -0.25) is 9.59 Å². The van der Waals surface area contributed by atoms with Gasteiger partial charge in [0.25, 0.3) is 5.91 Å². The predicted molar refractivity (Wildman–Crippen MR) is 104 cm³/mol. The molecule has 1 aliphatic rings. The van der Waals surface area contributed by atoms with Gasteiger partial charge in [-0.15, -0.1) is 0 Å². The summed E-state index contributed by atoms with van der Waals surface area (Å²) in [5.41, 5.74) is 0.452. The molecule has 27 heavy (non-hydrogen) atoms. The summed E-state index contributed by atoms with van der Waals surface area (Å²) in [5, 5.41) is 9.21. The van der Waals surface area contributed by atoms with E-state index in [0.29, 0.717) is 54.1 Å². The Hall–Kier alpha value is -1.95. The standard InChI is InChI=1S/C20H28ClNO5/c1-13(2)12-27-19-16(21)9-15(10-17(19)26-3)20(25)22-8-4-5-14(11-22)6-7-18(23)24/h9-10,13-14H,4-8,11-12H2,1-3H3,(H,23,24). The predicted octanol–water partition coefficient (Wildman–Crippen LogP) is 4.10. The van der Waals surface area contributed by atoms with Crippen LogP contribution in [0, 0.1) is 11.8 Å². The molecule has 6 nitrogen and oxygen atoms in total. The molecule has 0 radical (unpaired) electrons. The molecule has 0 aromatic heterocycles. The van der Waals surface area contributed by atoms with Crippen molar-refractivity contribution in [3.05, 3.63) is 22.7 Å². The second-order valence-electron chi connectivity index (χ2n) is 7.39. The number of carbonyl (C=O) groups excluding carboxylic acids is 1. The minimum absolute atomic E-state index is 0.120. The average Bonchev–Trinajstić information content (AvgIpc) is 2.64. The second kappa shape index (κ2) is 9.83. The number of amides is 1. The lowest BCUT2D eigenvalue weighted by atomic mass is 9.93. The fraction of sp³-hybridized carbons (Fsp3) is 0.600. The number of hydrogen-bond acceptors (Lipinski definition) is 4. The molecule has 1 N–H and O–H groups in total. The smallest absolute Gasteiger partial charge is 0.303 e. The van der Waals surface area contributed by atoms with E-state index in [1.165, 1.54) is 7.11 Å². The van der Waals surface area contributed by atoms with Gasteiger partial charge in [-0.05, 0) is 43.2 Å². The van der Waals surface area contributed by atoms with Crippen molar-refractivity contribution in [3.63, 3.8) is 0 Å². The lowest BCUT2D eigenvalue weighted by Gasteiger charge is -2.33. The van der Waals surface area contributed by atoms with E-state index in [1.807, 2.05) is 13.8 Å². The van der Waals surface area contributed by atoms with Gasteiger partial charge in [0.1, 0.15) is 0 Å². The van der Waals surface area contributed by atoms with Crippen molar-refractivity contribution < 1.29 is 24.2 Å². The highest BCUT2D eigenvalue weighted by atomic mass is 35.5. The minimum Gasteiger partial charge on any atom is -0.493 e. The number of carboxylic acids is 1. The molecule has 2 rings (SSSR count). The van der Waals surface area contributed by atoms with Crippen molar-refractivity contribution in [1.82, 2.24) is 4.90 Å². The number of benzene rings is 1. The van der Waals surface area contributed by atoms with E-state index >= 15 is 0 Å². The monoisotopic (exact) mass is 397 g/mol. The number of piperidine rings is 1. The first-order chi connectivity index (χ1) is 12.8. The molecular weight excluding hydrogens is 370 g/mol. The van der Waals surface area contributed by atoms with Crippen LogP contribution in [0.4, 0.5) is 0 Å². The van der Waals surface area contributed by atoms with Gasteiger partial charge in [0.2, 0.25) is 0 Å². The molecule has 1 aromatic carbocycles. The topological polar surface area (TPSA) is 76.1 Å². The normalized spacial score (nSPS) is 17.1. The molecule has 1 aliphatic heterocycles. The zero-order valence-corrected chi connectivity index (χ0v) is 16.9. The summed E-state index contributed by atoms with van der Waals surface area (Å²) in [4.78, 5) is 25.5. The number of ether oxygens (including phenoxy) is 2. The second-order valence-corrected chi connectivity index (χ2v) is 7.79. The molecule has 0 saturated carbocycles. The van der Waals surface area contributed by atoms with Crippen LogP contribution in [0.2, 0.25) is 5.02 Å². The zero-order valence-electron chi connectivity index (χ0n) is 16.2. The Kier molecular flexibility index (Phi) is 7.78. The molecule has 1 fully saturated rings. The molecule has 1 atom stereocenters. The van der Waals surface area contributed by atoms with Gasteiger partial charge in [0.05, 0.1) is 18.7 Å². The molecule has 1 aromatic rings. The fourth-order valence-corrected chi connectivity index (χ4v) is 3.49. The van der Waals surface area contributed by atoms with Gasteiger partial charge >= 0.3 is 5.97 Å². The molecule has 7 heteroatoms. The third-order valence-electron chi connectivity index (χ3n) is 4.61. The highest BCUT2D eigenvalue weighted by Crippen LogP contribution is 2.37. The largest absolute Gasteiger partial charge is 0.493 e. The summed E-state index contributed by atoms with van der Waals surface area (Å²) < 4.78 is 11.1. The number of likely N-dealkylation sites (tertiary alicyclic amines) is 1. The van der Waals surface area contributed by atoms with Crippen LogP contribution >= 0.6 is 11.6 Å². The van der Waals surface area contributed by atoms with Gasteiger partial charge in [-0.1, -0.05) is 25.4 Å². The maximum Gasteiger partial charge on any atom is 0.303 e. The van der Waals surface area contributed by atoms with E-state index < -0.39 is 5.97 Å². The molecule has 0 bridgehead atoms. The van der Waals surface area contributed by atoms with Gasteiger partial charge in [-0.25, -0.2) is 0 Å². The van der Waals surface area contributed by atoms with Gasteiger partial charge < -0.3 is 19.5 Å². The zero-order chi connectivity index (χ0) is 20.0. The van der Waals surface area contributed by atoms with Crippen molar-refractivity contribution >= 4 is 23.5 Å². The molecule has 1 unspecified atom stereocenters. The van der Waals surface area contributed by atoms with E-state index in [4.69, 9.17) is 26.2 Å². The van der Waals surface area contributed by atoms with E-state index in [1.54, 1.807) is 17.0 Å².